The topological polar surface area (TPSA) is 70.2 Å². The van der Waals surface area contributed by atoms with Crippen LogP contribution in [0.2, 0.25) is 0 Å². The van der Waals surface area contributed by atoms with E-state index in [1.54, 1.807) is 21.6 Å². The van der Waals surface area contributed by atoms with Gasteiger partial charge in [-0.15, -0.1) is 0 Å². The highest BCUT2D eigenvalue weighted by Crippen LogP contribution is 2.25. The van der Waals surface area contributed by atoms with E-state index in [-0.39, 0.29) is 30.2 Å². The van der Waals surface area contributed by atoms with E-state index in [4.69, 9.17) is 4.74 Å². The number of para-hydroxylation sites is 1. The molecule has 3 rings (SSSR count). The van der Waals surface area contributed by atoms with E-state index < -0.39 is 6.04 Å². The summed E-state index contributed by atoms with van der Waals surface area (Å²) >= 11 is 0. The van der Waals surface area contributed by atoms with Crippen LogP contribution in [0.15, 0.2) is 30.3 Å². The molecule has 2 aliphatic rings. The zero-order chi connectivity index (χ0) is 19.4. The van der Waals surface area contributed by atoms with E-state index in [1.807, 2.05) is 30.3 Å². The Morgan fingerprint density at radius 1 is 1.07 bits per heavy atom. The molecular weight excluding hydrogens is 346 g/mol. The number of amides is 3. The molecule has 0 radical (unpaired) electrons. The summed E-state index contributed by atoms with van der Waals surface area (Å²) in [7, 11) is 1.50. The Morgan fingerprint density at radius 2 is 1.74 bits per heavy atom. The van der Waals surface area contributed by atoms with E-state index in [1.165, 1.54) is 7.11 Å². The Balaban J connectivity index is 1.59. The lowest BCUT2D eigenvalue weighted by atomic mass is 9.94. The van der Waals surface area contributed by atoms with E-state index in [0.717, 1.165) is 5.69 Å². The fraction of sp³-hybridized carbons (Fsp3) is 0.550. The molecule has 27 heavy (non-hydrogen) atoms. The summed E-state index contributed by atoms with van der Waals surface area (Å²) in [6, 6.07) is 9.08. The van der Waals surface area contributed by atoms with Crippen molar-refractivity contribution in [3.8, 4) is 0 Å². The number of anilines is 1. The van der Waals surface area contributed by atoms with Crippen molar-refractivity contribution in [1.29, 1.82) is 0 Å². The summed E-state index contributed by atoms with van der Waals surface area (Å²) in [4.78, 5) is 42.9. The zero-order valence-electron chi connectivity index (χ0n) is 16.0. The van der Waals surface area contributed by atoms with Gasteiger partial charge in [0.25, 0.3) is 0 Å². The Morgan fingerprint density at radius 3 is 2.37 bits per heavy atom. The summed E-state index contributed by atoms with van der Waals surface area (Å²) in [6.07, 6.45) is 1.27. The van der Waals surface area contributed by atoms with E-state index >= 15 is 0 Å². The summed E-state index contributed by atoms with van der Waals surface area (Å²) in [5.74, 6) is -0.186. The second-order valence-corrected chi connectivity index (χ2v) is 7.12. The molecule has 2 heterocycles. The molecule has 3 amide bonds. The highest BCUT2D eigenvalue weighted by atomic mass is 16.5. The van der Waals surface area contributed by atoms with Crippen molar-refractivity contribution in [3.05, 3.63) is 30.3 Å². The molecule has 146 valence electrons. The molecule has 2 fully saturated rings. The number of likely N-dealkylation sites (tertiary alicyclic amines) is 1. The first-order chi connectivity index (χ1) is 13.0. The lowest BCUT2D eigenvalue weighted by Gasteiger charge is -2.41. The fourth-order valence-electron chi connectivity index (χ4n) is 3.86. The van der Waals surface area contributed by atoms with Crippen LogP contribution in [0.5, 0.6) is 0 Å². The molecule has 0 spiro atoms. The highest BCUT2D eigenvalue weighted by Gasteiger charge is 2.38. The van der Waals surface area contributed by atoms with Crippen LogP contribution in [-0.2, 0) is 19.1 Å². The molecule has 1 aromatic carbocycles. The maximum Gasteiger partial charge on any atom is 0.249 e. The number of methoxy groups -OCH3 is 1. The number of benzene rings is 1. The molecule has 0 aromatic heterocycles. The Labute approximate surface area is 159 Å². The van der Waals surface area contributed by atoms with Crippen molar-refractivity contribution < 1.29 is 19.1 Å². The molecule has 7 nitrogen and oxygen atoms in total. The van der Waals surface area contributed by atoms with E-state index in [0.29, 0.717) is 39.0 Å². The van der Waals surface area contributed by atoms with Gasteiger partial charge in [-0.05, 0) is 31.9 Å². The Hall–Kier alpha value is -2.41. The van der Waals surface area contributed by atoms with Gasteiger partial charge < -0.3 is 19.4 Å². The van der Waals surface area contributed by atoms with Gasteiger partial charge in [0.1, 0.15) is 12.6 Å². The molecule has 0 N–H and O–H groups in total. The number of carbonyl (C=O) groups excluding carboxylic acids is 3. The van der Waals surface area contributed by atoms with Gasteiger partial charge in [0.15, 0.2) is 0 Å². The standard InChI is InChI=1S/C20H27N3O4/c1-15-19(25)23(17-6-4-3-5-7-17)13-12-22(15)20(26)16-8-10-21(11-9-16)18(24)14-27-2/h3-7,15-16H,8-14H2,1-2H3/t15-/m1/s1. The molecule has 0 aliphatic carbocycles. The molecule has 2 saturated heterocycles. The smallest absolute Gasteiger partial charge is 0.249 e. The van der Waals surface area contributed by atoms with Crippen LogP contribution in [0.25, 0.3) is 0 Å². The molecule has 2 aliphatic heterocycles. The van der Waals surface area contributed by atoms with Crippen molar-refractivity contribution >= 4 is 23.4 Å². The number of carbonyl (C=O) groups is 3. The molecule has 0 saturated carbocycles. The van der Waals surface area contributed by atoms with Crippen LogP contribution in [-0.4, -0.2) is 73.5 Å². The first-order valence-corrected chi connectivity index (χ1v) is 9.46. The van der Waals surface area contributed by atoms with Crippen LogP contribution in [0.3, 0.4) is 0 Å². The van der Waals surface area contributed by atoms with E-state index in [2.05, 4.69) is 0 Å². The molecule has 1 aromatic rings. The highest BCUT2D eigenvalue weighted by molar-refractivity contribution is 6.00. The third-order valence-corrected chi connectivity index (χ3v) is 5.47. The lowest BCUT2D eigenvalue weighted by Crippen LogP contribution is -2.59. The molecular formula is C20H27N3O4. The molecule has 7 heteroatoms. The van der Waals surface area contributed by atoms with Crippen LogP contribution >= 0.6 is 0 Å². The maximum atomic E-state index is 13.0. The van der Waals surface area contributed by atoms with Gasteiger partial charge in [-0.3, -0.25) is 14.4 Å². The van der Waals surface area contributed by atoms with Gasteiger partial charge in [0.2, 0.25) is 17.7 Å². The average Bonchev–Trinajstić information content (AvgIpc) is 2.70. The van der Waals surface area contributed by atoms with Gasteiger partial charge in [0, 0.05) is 44.9 Å². The van der Waals surface area contributed by atoms with Gasteiger partial charge in [-0.1, -0.05) is 18.2 Å². The minimum Gasteiger partial charge on any atom is -0.375 e. The van der Waals surface area contributed by atoms with Gasteiger partial charge in [-0.25, -0.2) is 0 Å². The predicted molar refractivity (Wildman–Crippen MR) is 101 cm³/mol. The molecule has 0 unspecified atom stereocenters. The lowest BCUT2D eigenvalue weighted by molar-refractivity contribution is -0.147. The van der Waals surface area contributed by atoms with Crippen molar-refractivity contribution in [2.24, 2.45) is 5.92 Å². The summed E-state index contributed by atoms with van der Waals surface area (Å²) in [5, 5.41) is 0. The van der Waals surface area contributed by atoms with Gasteiger partial charge in [0.05, 0.1) is 0 Å². The number of hydrogen-bond donors (Lipinski definition) is 0. The number of piperazine rings is 1. The average molecular weight is 373 g/mol. The first-order valence-electron chi connectivity index (χ1n) is 9.46. The number of hydrogen-bond acceptors (Lipinski definition) is 4. The zero-order valence-corrected chi connectivity index (χ0v) is 16.0. The van der Waals surface area contributed by atoms with Crippen molar-refractivity contribution in [1.82, 2.24) is 9.80 Å². The SMILES string of the molecule is COCC(=O)N1CCC(C(=O)N2CCN(c3ccccc3)C(=O)[C@H]2C)CC1. The van der Waals surface area contributed by atoms with Crippen LogP contribution in [0, 0.1) is 5.92 Å². The third kappa shape index (κ3) is 4.13. The number of nitrogens with zero attached hydrogens (tertiary/aromatic N) is 3. The molecule has 1 atom stereocenters. The van der Waals surface area contributed by atoms with Crippen LogP contribution < -0.4 is 4.90 Å². The summed E-state index contributed by atoms with van der Waals surface area (Å²) in [6.45, 7) is 4.03. The normalized spacial score (nSPS) is 21.5. The van der Waals surface area contributed by atoms with Crippen molar-refractivity contribution in [3.63, 3.8) is 0 Å². The number of ether oxygens (including phenoxy) is 1. The molecule has 0 bridgehead atoms. The first kappa shape index (κ1) is 19.4. The van der Waals surface area contributed by atoms with Gasteiger partial charge in [-0.2, -0.15) is 0 Å². The van der Waals surface area contributed by atoms with Gasteiger partial charge >= 0.3 is 0 Å². The van der Waals surface area contributed by atoms with Crippen molar-refractivity contribution in [2.45, 2.75) is 25.8 Å². The number of piperidine rings is 1. The third-order valence-electron chi connectivity index (χ3n) is 5.47. The maximum absolute atomic E-state index is 13.0. The minimum atomic E-state index is -0.473. The van der Waals surface area contributed by atoms with Crippen LogP contribution in [0.4, 0.5) is 5.69 Å². The second kappa shape index (κ2) is 8.52. The Kier molecular flexibility index (Phi) is 6.11. The van der Waals surface area contributed by atoms with E-state index in [9.17, 15) is 14.4 Å². The summed E-state index contributed by atoms with van der Waals surface area (Å²) in [5.41, 5.74) is 0.867. The quantitative estimate of drug-likeness (QED) is 0.794. The minimum absolute atomic E-state index is 0.0300. The fourth-order valence-corrected chi connectivity index (χ4v) is 3.86. The predicted octanol–water partition coefficient (Wildman–Crippen LogP) is 1.14. The van der Waals surface area contributed by atoms with Crippen LogP contribution in [0.1, 0.15) is 19.8 Å². The summed E-state index contributed by atoms with van der Waals surface area (Å²) < 4.78 is 4.89. The van der Waals surface area contributed by atoms with Crippen molar-refractivity contribution in [2.75, 3.05) is 44.8 Å². The second-order valence-electron chi connectivity index (χ2n) is 7.12. The monoisotopic (exact) mass is 373 g/mol. The number of rotatable bonds is 4. The largest absolute Gasteiger partial charge is 0.375 e. The Bertz CT molecular complexity index is 686.